The van der Waals surface area contributed by atoms with Crippen molar-refractivity contribution in [2.75, 3.05) is 0 Å². The molecule has 0 saturated carbocycles. The highest BCUT2D eigenvalue weighted by molar-refractivity contribution is 7.26. The Labute approximate surface area is 302 Å². The van der Waals surface area contributed by atoms with Crippen molar-refractivity contribution in [2.45, 2.75) is 13.3 Å². The van der Waals surface area contributed by atoms with Crippen LogP contribution in [0.2, 0.25) is 0 Å². The fourth-order valence-corrected chi connectivity index (χ4v) is 9.18. The van der Waals surface area contributed by atoms with E-state index < -0.39 is 0 Å². The van der Waals surface area contributed by atoms with Crippen LogP contribution in [0.15, 0.2) is 150 Å². The Kier molecular flexibility index (Phi) is 6.36. The van der Waals surface area contributed by atoms with Crippen LogP contribution in [0.25, 0.3) is 108 Å². The van der Waals surface area contributed by atoms with E-state index in [1.54, 1.807) is 0 Å². The molecule has 0 N–H and O–H groups in total. The summed E-state index contributed by atoms with van der Waals surface area (Å²) in [6.07, 6.45) is 0.702. The van der Waals surface area contributed by atoms with Gasteiger partial charge in [0.25, 0.3) is 0 Å². The normalized spacial score (nSPS) is 12.0. The first-order chi connectivity index (χ1) is 25.7. The van der Waals surface area contributed by atoms with Gasteiger partial charge >= 0.3 is 0 Å². The van der Waals surface area contributed by atoms with E-state index in [2.05, 4.69) is 146 Å². The number of thiophene rings is 1. The van der Waals surface area contributed by atoms with Gasteiger partial charge in [-0.2, -0.15) is 0 Å². The molecule has 0 amide bonds. The molecule has 11 rings (SSSR count). The molecule has 0 aliphatic carbocycles. The van der Waals surface area contributed by atoms with Gasteiger partial charge in [-0.3, -0.25) is 0 Å². The van der Waals surface area contributed by atoms with E-state index in [-0.39, 0.29) is 0 Å². The fraction of sp³-hybridized carbons (Fsp3) is 0.0426. The number of rotatable bonds is 4. The second-order valence-corrected chi connectivity index (χ2v) is 14.5. The third-order valence-electron chi connectivity index (χ3n) is 10.4. The maximum Gasteiger partial charge on any atom is 0.163 e. The van der Waals surface area contributed by atoms with Gasteiger partial charge in [-0.25, -0.2) is 15.0 Å². The minimum atomic E-state index is 0.660. The molecule has 4 nitrogen and oxygen atoms in total. The molecule has 0 saturated heterocycles. The first-order valence-corrected chi connectivity index (χ1v) is 18.5. The SMILES string of the molecule is CCc1nc(-c2ccc3oc4ccc(-c5cccc6c5sc5ccccc56)cc4c3c2)nc(-c2ccc3c4ccccc4c4ccccc4c3c2)n1. The lowest BCUT2D eigenvalue weighted by Crippen LogP contribution is -2.02. The van der Waals surface area contributed by atoms with Crippen molar-refractivity contribution < 1.29 is 4.42 Å². The van der Waals surface area contributed by atoms with Crippen LogP contribution in [0.3, 0.4) is 0 Å². The van der Waals surface area contributed by atoms with Crippen molar-refractivity contribution in [3.8, 4) is 33.9 Å². The van der Waals surface area contributed by atoms with Crippen LogP contribution in [-0.2, 0) is 6.42 Å². The molecule has 244 valence electrons. The Balaban J connectivity index is 1.05. The number of hydrogen-bond donors (Lipinski definition) is 0. The highest BCUT2D eigenvalue weighted by Gasteiger charge is 2.17. The molecule has 0 unspecified atom stereocenters. The summed E-state index contributed by atoms with van der Waals surface area (Å²) >= 11 is 1.85. The standard InChI is InChI=1S/C47H29N3OS/c1-2-44-48-46(28-18-21-35-33-12-4-3-10-31(33)32-11-5-6-13-34(32)38(35)25-28)50-47(49-44)29-20-23-42-40(26-29)39-24-27(19-22-41(39)51-42)30-15-9-16-37-36-14-7-8-17-43(36)52-45(30)37/h3-26H,2H2,1H3. The third-order valence-corrected chi connectivity index (χ3v) is 11.7. The molecule has 5 heteroatoms. The summed E-state index contributed by atoms with van der Waals surface area (Å²) in [5.74, 6) is 2.10. The zero-order valence-electron chi connectivity index (χ0n) is 28.2. The lowest BCUT2D eigenvalue weighted by Gasteiger charge is -2.12. The van der Waals surface area contributed by atoms with E-state index in [0.717, 1.165) is 38.9 Å². The number of benzene rings is 8. The topological polar surface area (TPSA) is 51.8 Å². The molecule has 0 fully saturated rings. The van der Waals surface area contributed by atoms with E-state index >= 15 is 0 Å². The summed E-state index contributed by atoms with van der Waals surface area (Å²) in [6.45, 7) is 2.09. The fourth-order valence-electron chi connectivity index (χ4n) is 7.94. The van der Waals surface area contributed by atoms with Crippen molar-refractivity contribution >= 4 is 85.8 Å². The van der Waals surface area contributed by atoms with Crippen molar-refractivity contribution in [1.29, 1.82) is 0 Å². The van der Waals surface area contributed by atoms with Gasteiger partial charge in [0.15, 0.2) is 11.6 Å². The number of fused-ring (bicyclic) bond motifs is 12. The predicted molar refractivity (Wildman–Crippen MR) is 218 cm³/mol. The van der Waals surface area contributed by atoms with Gasteiger partial charge in [-0.15, -0.1) is 11.3 Å². The maximum atomic E-state index is 6.36. The zero-order valence-corrected chi connectivity index (χ0v) is 29.0. The second kappa shape index (κ2) is 11.3. The Morgan fingerprint density at radius 3 is 1.63 bits per heavy atom. The van der Waals surface area contributed by atoms with Gasteiger partial charge in [0.05, 0.1) is 0 Å². The Bertz CT molecular complexity index is 3210. The van der Waals surface area contributed by atoms with E-state index in [0.29, 0.717) is 18.1 Å². The summed E-state index contributed by atoms with van der Waals surface area (Å²) in [5, 5.41) is 12.1. The molecule has 3 heterocycles. The molecule has 3 aromatic heterocycles. The number of aromatic nitrogens is 3. The molecule has 0 bridgehead atoms. The highest BCUT2D eigenvalue weighted by Crippen LogP contribution is 2.42. The maximum absolute atomic E-state index is 6.36. The summed E-state index contributed by atoms with van der Waals surface area (Å²) in [7, 11) is 0. The number of hydrogen-bond acceptors (Lipinski definition) is 5. The van der Waals surface area contributed by atoms with Crippen LogP contribution in [0.5, 0.6) is 0 Å². The minimum absolute atomic E-state index is 0.660. The number of aryl methyl sites for hydroxylation is 1. The monoisotopic (exact) mass is 683 g/mol. The van der Waals surface area contributed by atoms with Crippen LogP contribution < -0.4 is 0 Å². The lowest BCUT2D eigenvalue weighted by atomic mass is 9.93. The molecule has 8 aromatic carbocycles. The molecule has 0 atom stereocenters. The van der Waals surface area contributed by atoms with Gasteiger partial charge in [0.2, 0.25) is 0 Å². The average Bonchev–Trinajstić information content (AvgIpc) is 3.78. The van der Waals surface area contributed by atoms with Crippen molar-refractivity contribution in [2.24, 2.45) is 0 Å². The lowest BCUT2D eigenvalue weighted by molar-refractivity contribution is 0.669. The molecule has 0 radical (unpaired) electrons. The predicted octanol–water partition coefficient (Wildman–Crippen LogP) is 13.2. The summed E-state index contributed by atoms with van der Waals surface area (Å²) < 4.78 is 8.97. The first kappa shape index (κ1) is 29.3. The Morgan fingerprint density at radius 2 is 0.962 bits per heavy atom. The summed E-state index contributed by atoms with van der Waals surface area (Å²) in [5.41, 5.74) is 6.02. The first-order valence-electron chi connectivity index (χ1n) is 17.7. The van der Waals surface area contributed by atoms with E-state index in [1.807, 2.05) is 17.4 Å². The molecule has 0 aliphatic heterocycles. The minimum Gasteiger partial charge on any atom is -0.456 e. The van der Waals surface area contributed by atoms with Gasteiger partial charge in [0, 0.05) is 48.5 Å². The van der Waals surface area contributed by atoms with Gasteiger partial charge in [0.1, 0.15) is 17.0 Å². The zero-order chi connectivity index (χ0) is 34.3. The molecule has 0 aliphatic rings. The van der Waals surface area contributed by atoms with Crippen LogP contribution in [-0.4, -0.2) is 15.0 Å². The van der Waals surface area contributed by atoms with Crippen LogP contribution in [0.1, 0.15) is 12.7 Å². The van der Waals surface area contributed by atoms with Crippen LogP contribution in [0.4, 0.5) is 0 Å². The molecule has 11 aromatic rings. The molecule has 0 spiro atoms. The van der Waals surface area contributed by atoms with Crippen molar-refractivity contribution in [3.05, 3.63) is 151 Å². The van der Waals surface area contributed by atoms with Gasteiger partial charge in [-0.1, -0.05) is 110 Å². The van der Waals surface area contributed by atoms with E-state index in [9.17, 15) is 0 Å². The van der Waals surface area contributed by atoms with Gasteiger partial charge < -0.3 is 4.42 Å². The van der Waals surface area contributed by atoms with Gasteiger partial charge in [-0.05, 0) is 85.9 Å². The molecule has 52 heavy (non-hydrogen) atoms. The highest BCUT2D eigenvalue weighted by atomic mass is 32.1. The smallest absolute Gasteiger partial charge is 0.163 e. The quantitative estimate of drug-likeness (QED) is 0.173. The Hall–Kier alpha value is -6.43. The van der Waals surface area contributed by atoms with Crippen molar-refractivity contribution in [1.82, 2.24) is 15.0 Å². The molecular formula is C47H29N3OS. The van der Waals surface area contributed by atoms with E-state index in [1.165, 1.54) is 63.6 Å². The third kappa shape index (κ3) is 4.43. The second-order valence-electron chi connectivity index (χ2n) is 13.4. The summed E-state index contributed by atoms with van der Waals surface area (Å²) in [4.78, 5) is 15.0. The Morgan fingerprint density at radius 1 is 0.442 bits per heavy atom. The number of furan rings is 1. The average molecular weight is 684 g/mol. The van der Waals surface area contributed by atoms with Crippen molar-refractivity contribution in [3.63, 3.8) is 0 Å². The van der Waals surface area contributed by atoms with E-state index in [4.69, 9.17) is 19.4 Å². The van der Waals surface area contributed by atoms with Crippen LogP contribution >= 0.6 is 11.3 Å². The number of nitrogens with zero attached hydrogens (tertiary/aromatic N) is 3. The summed E-state index contributed by atoms with van der Waals surface area (Å²) in [6, 6.07) is 52.0. The molecular weight excluding hydrogens is 655 g/mol. The largest absolute Gasteiger partial charge is 0.456 e. The van der Waals surface area contributed by atoms with Crippen LogP contribution in [0, 0.1) is 0 Å².